The Balaban J connectivity index is 2.51. The Morgan fingerprint density at radius 2 is 2.05 bits per heavy atom. The molecule has 1 aromatic carbocycles. The lowest BCUT2D eigenvalue weighted by Crippen LogP contribution is -2.41. The van der Waals surface area contributed by atoms with Crippen molar-refractivity contribution < 1.29 is 19.6 Å². The highest BCUT2D eigenvalue weighted by Crippen LogP contribution is 2.19. The number of benzene rings is 1. The van der Waals surface area contributed by atoms with Gasteiger partial charge in [-0.1, -0.05) is 0 Å². The Morgan fingerprint density at radius 3 is 2.52 bits per heavy atom. The molecule has 0 saturated heterocycles. The maximum Gasteiger partial charge on any atom is 0.327 e. The van der Waals surface area contributed by atoms with Crippen LogP contribution in [-0.2, 0) is 9.59 Å². The molecule has 10 heteroatoms. The summed E-state index contributed by atoms with van der Waals surface area (Å²) >= 11 is 0.866. The van der Waals surface area contributed by atoms with Gasteiger partial charge >= 0.3 is 5.97 Å². The molecule has 0 fully saturated rings. The number of hydrogen-bond acceptors (Lipinski definition) is 7. The number of amides is 1. The number of non-ortho nitro benzene ring substituents is 1. The number of aliphatic carboxylic acids is 1. The van der Waals surface area contributed by atoms with Crippen molar-refractivity contribution >= 4 is 35.2 Å². The smallest absolute Gasteiger partial charge is 0.327 e. The first-order valence-electron chi connectivity index (χ1n) is 5.67. The second-order valence-corrected chi connectivity index (χ2v) is 4.60. The van der Waals surface area contributed by atoms with Gasteiger partial charge in [-0.05, 0) is 12.1 Å². The molecule has 1 aromatic rings. The predicted octanol–water partition coefficient (Wildman–Crippen LogP) is 1.92. The molecule has 1 amide bonds. The molecule has 21 heavy (non-hydrogen) atoms. The van der Waals surface area contributed by atoms with Crippen LogP contribution in [0, 0.1) is 10.1 Å². The maximum atomic E-state index is 10.8. The SMILES string of the molecule is CC(=O)NC(CSN=Nc1ccc([N+](=O)[O-])cc1)C(=O)O. The summed E-state index contributed by atoms with van der Waals surface area (Å²) in [7, 11) is 0. The van der Waals surface area contributed by atoms with E-state index in [1.807, 2.05) is 0 Å². The molecule has 0 aliphatic carbocycles. The lowest BCUT2D eigenvalue weighted by atomic mass is 10.3. The monoisotopic (exact) mass is 312 g/mol. The van der Waals surface area contributed by atoms with Crippen LogP contribution in [0.2, 0.25) is 0 Å². The molecule has 0 aliphatic rings. The minimum Gasteiger partial charge on any atom is -0.480 e. The van der Waals surface area contributed by atoms with E-state index in [0.717, 1.165) is 11.9 Å². The van der Waals surface area contributed by atoms with E-state index in [1.165, 1.54) is 31.2 Å². The Morgan fingerprint density at radius 1 is 1.43 bits per heavy atom. The van der Waals surface area contributed by atoms with Gasteiger partial charge in [0.2, 0.25) is 5.91 Å². The minimum atomic E-state index is -1.16. The third-order valence-electron chi connectivity index (χ3n) is 2.19. The largest absolute Gasteiger partial charge is 0.480 e. The molecule has 1 atom stereocenters. The van der Waals surface area contributed by atoms with Gasteiger partial charge in [-0.15, -0.1) is 9.63 Å². The average Bonchev–Trinajstić information content (AvgIpc) is 2.42. The van der Waals surface area contributed by atoms with Gasteiger partial charge in [0.05, 0.1) is 10.6 Å². The quantitative estimate of drug-likeness (QED) is 0.342. The highest BCUT2D eigenvalue weighted by Gasteiger charge is 2.18. The van der Waals surface area contributed by atoms with Crippen molar-refractivity contribution in [3.8, 4) is 0 Å². The molecule has 0 saturated carbocycles. The number of rotatable bonds is 7. The van der Waals surface area contributed by atoms with Crippen LogP contribution in [0.3, 0.4) is 0 Å². The van der Waals surface area contributed by atoms with E-state index in [-0.39, 0.29) is 11.4 Å². The van der Waals surface area contributed by atoms with E-state index >= 15 is 0 Å². The summed E-state index contributed by atoms with van der Waals surface area (Å²) in [5.74, 6) is -1.59. The summed E-state index contributed by atoms with van der Waals surface area (Å²) < 4.78 is 3.70. The molecule has 9 nitrogen and oxygen atoms in total. The van der Waals surface area contributed by atoms with E-state index in [9.17, 15) is 19.7 Å². The molecule has 0 bridgehead atoms. The summed E-state index contributed by atoms with van der Waals surface area (Å²) in [6.45, 7) is 1.22. The van der Waals surface area contributed by atoms with Crippen LogP contribution in [0.15, 0.2) is 33.9 Å². The zero-order valence-corrected chi connectivity index (χ0v) is 11.7. The second-order valence-electron chi connectivity index (χ2n) is 3.84. The van der Waals surface area contributed by atoms with Crippen LogP contribution in [0.1, 0.15) is 6.92 Å². The van der Waals surface area contributed by atoms with Crippen LogP contribution < -0.4 is 5.32 Å². The van der Waals surface area contributed by atoms with E-state index in [0.29, 0.717) is 5.69 Å². The normalized spacial score (nSPS) is 12.0. The number of carbonyl (C=O) groups is 2. The third-order valence-corrected chi connectivity index (χ3v) is 2.87. The van der Waals surface area contributed by atoms with Crippen LogP contribution >= 0.6 is 11.9 Å². The van der Waals surface area contributed by atoms with E-state index in [2.05, 4.69) is 15.0 Å². The van der Waals surface area contributed by atoms with Crippen LogP contribution in [0.5, 0.6) is 0 Å². The molecule has 1 rings (SSSR count). The van der Waals surface area contributed by atoms with Crippen molar-refractivity contribution in [2.24, 2.45) is 9.63 Å². The Hall–Kier alpha value is -2.49. The first-order valence-corrected chi connectivity index (χ1v) is 6.61. The molecule has 0 spiro atoms. The number of carbonyl (C=O) groups excluding carboxylic acids is 1. The fourth-order valence-electron chi connectivity index (χ4n) is 1.24. The molecule has 1 unspecified atom stereocenters. The van der Waals surface area contributed by atoms with Crippen molar-refractivity contribution in [2.45, 2.75) is 13.0 Å². The first-order chi connectivity index (χ1) is 9.90. The molecular weight excluding hydrogens is 300 g/mol. The molecular formula is C11H12N4O5S. The standard InChI is InChI=1S/C11H12N4O5S/c1-7(16)12-10(11(17)18)6-21-14-13-8-2-4-9(5-3-8)15(19)20/h2-5,10H,6H2,1H3,(H,12,16)(H,17,18). The van der Waals surface area contributed by atoms with Crippen molar-refractivity contribution in [1.29, 1.82) is 0 Å². The molecule has 0 aromatic heterocycles. The van der Waals surface area contributed by atoms with Gasteiger partial charge < -0.3 is 10.4 Å². The summed E-state index contributed by atoms with van der Waals surface area (Å²) in [4.78, 5) is 31.6. The van der Waals surface area contributed by atoms with Crippen LogP contribution in [-0.4, -0.2) is 33.7 Å². The maximum absolute atomic E-state index is 10.8. The minimum absolute atomic E-state index is 0.0192. The highest BCUT2D eigenvalue weighted by atomic mass is 32.2. The van der Waals surface area contributed by atoms with Gasteiger partial charge in [0.1, 0.15) is 6.04 Å². The fourth-order valence-corrected chi connectivity index (χ4v) is 1.84. The number of nitro benzene ring substituents is 1. The Bertz CT molecular complexity index is 560. The van der Waals surface area contributed by atoms with Gasteiger partial charge in [-0.25, -0.2) is 4.79 Å². The van der Waals surface area contributed by atoms with Gasteiger partial charge in [0.25, 0.3) is 5.69 Å². The molecule has 0 aliphatic heterocycles. The zero-order chi connectivity index (χ0) is 15.8. The summed E-state index contributed by atoms with van der Waals surface area (Å²) in [6, 6.07) is 4.37. The van der Waals surface area contributed by atoms with Crippen molar-refractivity contribution in [3.63, 3.8) is 0 Å². The van der Waals surface area contributed by atoms with Gasteiger partial charge in [-0.3, -0.25) is 14.9 Å². The number of carboxylic acids is 1. The second kappa shape index (κ2) is 7.94. The van der Waals surface area contributed by atoms with Gasteiger partial charge in [-0.2, -0.15) is 0 Å². The number of nitrogens with zero attached hydrogens (tertiary/aromatic N) is 3. The zero-order valence-electron chi connectivity index (χ0n) is 10.9. The third kappa shape index (κ3) is 5.99. The Kier molecular flexibility index (Phi) is 6.27. The van der Waals surface area contributed by atoms with Crippen LogP contribution in [0.25, 0.3) is 0 Å². The fraction of sp³-hybridized carbons (Fsp3) is 0.273. The summed E-state index contributed by atoms with van der Waals surface area (Å²) in [5, 5.41) is 25.4. The molecule has 0 heterocycles. The highest BCUT2D eigenvalue weighted by molar-refractivity contribution is 7.97. The van der Waals surface area contributed by atoms with Gasteiger partial charge in [0, 0.05) is 36.8 Å². The van der Waals surface area contributed by atoms with Crippen LogP contribution in [0.4, 0.5) is 11.4 Å². The molecule has 112 valence electrons. The first kappa shape index (κ1) is 16.6. The van der Waals surface area contributed by atoms with E-state index in [1.54, 1.807) is 0 Å². The van der Waals surface area contributed by atoms with Crippen molar-refractivity contribution in [2.75, 3.05) is 5.75 Å². The average molecular weight is 312 g/mol. The topological polar surface area (TPSA) is 134 Å². The lowest BCUT2D eigenvalue weighted by Gasteiger charge is -2.10. The van der Waals surface area contributed by atoms with Gasteiger partial charge in [0.15, 0.2) is 0 Å². The molecule has 0 radical (unpaired) electrons. The summed E-state index contributed by atoms with van der Waals surface area (Å²) in [5.41, 5.74) is 0.345. The Labute approximate surface area is 123 Å². The van der Waals surface area contributed by atoms with E-state index < -0.39 is 22.8 Å². The van der Waals surface area contributed by atoms with Crippen molar-refractivity contribution in [3.05, 3.63) is 34.4 Å². The lowest BCUT2D eigenvalue weighted by molar-refractivity contribution is -0.384. The number of nitrogens with one attached hydrogen (secondary N) is 1. The van der Waals surface area contributed by atoms with E-state index in [4.69, 9.17) is 5.11 Å². The summed E-state index contributed by atoms with van der Waals surface area (Å²) in [6.07, 6.45) is 0. The van der Waals surface area contributed by atoms with Crippen molar-refractivity contribution in [1.82, 2.24) is 5.32 Å². The number of nitro groups is 1. The number of hydrogen-bond donors (Lipinski definition) is 2. The molecule has 2 N–H and O–H groups in total. The number of carboxylic acid groups (broad SMARTS) is 1. The predicted molar refractivity (Wildman–Crippen MR) is 75.3 cm³/mol.